The summed E-state index contributed by atoms with van der Waals surface area (Å²) < 4.78 is 0. The molecule has 35 heavy (non-hydrogen) atoms. The zero-order chi connectivity index (χ0) is 24.9. The van der Waals surface area contributed by atoms with E-state index in [0.29, 0.717) is 34.3 Å². The second-order valence-corrected chi connectivity index (χ2v) is 9.46. The van der Waals surface area contributed by atoms with E-state index < -0.39 is 0 Å². The van der Waals surface area contributed by atoms with E-state index in [-0.39, 0.29) is 16.9 Å². The van der Waals surface area contributed by atoms with Crippen molar-refractivity contribution in [1.82, 2.24) is 10.2 Å². The first-order valence-electron chi connectivity index (χ1n) is 11.1. The molecule has 0 atom stereocenters. The lowest BCUT2D eigenvalue weighted by molar-refractivity contribution is 0.0746. The molecule has 3 aromatic rings. The van der Waals surface area contributed by atoms with E-state index in [4.69, 9.17) is 35.4 Å². The van der Waals surface area contributed by atoms with Crippen LogP contribution in [0.5, 0.6) is 0 Å². The molecule has 3 aromatic carbocycles. The zero-order valence-corrected chi connectivity index (χ0v) is 21.4. The van der Waals surface area contributed by atoms with Crippen LogP contribution in [0.1, 0.15) is 26.3 Å². The maximum atomic E-state index is 12.7. The number of amides is 2. The maximum Gasteiger partial charge on any atom is 0.257 e. The molecule has 2 amide bonds. The Morgan fingerprint density at radius 2 is 1.49 bits per heavy atom. The molecule has 0 aromatic heterocycles. The number of nitrogens with zero attached hydrogens (tertiary/aromatic N) is 2. The van der Waals surface area contributed by atoms with Crippen molar-refractivity contribution in [3.8, 4) is 0 Å². The third-order valence-electron chi connectivity index (χ3n) is 5.81. The van der Waals surface area contributed by atoms with Crippen LogP contribution in [0.2, 0.25) is 10.0 Å². The number of thiocarbonyl (C=S) groups is 1. The number of hydrogen-bond acceptors (Lipinski definition) is 4. The topological polar surface area (TPSA) is 64.7 Å². The highest BCUT2D eigenvalue weighted by Gasteiger charge is 2.22. The molecule has 1 saturated heterocycles. The van der Waals surface area contributed by atoms with E-state index in [2.05, 4.69) is 15.5 Å². The van der Waals surface area contributed by atoms with Gasteiger partial charge in [-0.05, 0) is 85.4 Å². The van der Waals surface area contributed by atoms with Crippen LogP contribution in [0.15, 0.2) is 66.7 Å². The van der Waals surface area contributed by atoms with E-state index in [9.17, 15) is 9.59 Å². The molecule has 0 bridgehead atoms. The molecule has 2 N–H and O–H groups in total. The molecule has 9 heteroatoms. The third kappa shape index (κ3) is 6.31. The number of halogens is 2. The lowest BCUT2D eigenvalue weighted by Crippen LogP contribution is -2.48. The first kappa shape index (κ1) is 25.0. The first-order valence-corrected chi connectivity index (χ1v) is 12.2. The molecule has 0 radical (unpaired) electrons. The molecular formula is C26H24Cl2N4O2S. The number of nitrogens with one attached hydrogen (secondary N) is 2. The van der Waals surface area contributed by atoms with Crippen LogP contribution in [-0.4, -0.2) is 48.0 Å². The summed E-state index contributed by atoms with van der Waals surface area (Å²) in [6, 6.07) is 19.9. The van der Waals surface area contributed by atoms with Gasteiger partial charge in [-0.25, -0.2) is 0 Å². The Bertz CT molecular complexity index is 1240. The average Bonchev–Trinajstić information content (AvgIpc) is 2.86. The molecule has 1 aliphatic rings. The van der Waals surface area contributed by atoms with Crippen LogP contribution >= 0.6 is 35.4 Å². The smallest absolute Gasteiger partial charge is 0.257 e. The predicted octanol–water partition coefficient (Wildman–Crippen LogP) is 5.39. The van der Waals surface area contributed by atoms with Gasteiger partial charge in [-0.1, -0.05) is 29.3 Å². The summed E-state index contributed by atoms with van der Waals surface area (Å²) in [4.78, 5) is 29.2. The minimum absolute atomic E-state index is 0.0179. The van der Waals surface area contributed by atoms with Gasteiger partial charge in [0, 0.05) is 58.7 Å². The van der Waals surface area contributed by atoms with E-state index in [1.807, 2.05) is 36.1 Å². The highest BCUT2D eigenvalue weighted by molar-refractivity contribution is 7.80. The number of hydrogen-bond donors (Lipinski definition) is 2. The fourth-order valence-corrected chi connectivity index (χ4v) is 4.29. The Labute approximate surface area is 219 Å². The standard InChI is InChI=1S/C26H24Cl2N4O2S/c1-17-2-3-19(16-23(17)28)24(33)30-26(35)29-21-8-10-22(11-9-21)31-12-14-32(15-13-31)25(34)18-4-6-20(27)7-5-18/h2-11,16H,12-15H2,1H3,(H2,29,30,33,35). The Morgan fingerprint density at radius 3 is 2.11 bits per heavy atom. The average molecular weight is 527 g/mol. The SMILES string of the molecule is Cc1ccc(C(=O)NC(=S)Nc2ccc(N3CCN(C(=O)c4ccc(Cl)cc4)CC3)cc2)cc1Cl. The summed E-state index contributed by atoms with van der Waals surface area (Å²) in [5.41, 5.74) is 3.80. The normalized spacial score (nSPS) is 13.3. The lowest BCUT2D eigenvalue weighted by atomic mass is 10.1. The molecule has 4 rings (SSSR count). The van der Waals surface area contributed by atoms with Crippen molar-refractivity contribution < 1.29 is 9.59 Å². The second-order valence-electron chi connectivity index (χ2n) is 8.21. The van der Waals surface area contributed by atoms with Gasteiger partial charge in [0.15, 0.2) is 5.11 Å². The molecule has 1 heterocycles. The summed E-state index contributed by atoms with van der Waals surface area (Å²) in [6.07, 6.45) is 0. The number of rotatable bonds is 4. The van der Waals surface area contributed by atoms with Crippen molar-refractivity contribution in [3.63, 3.8) is 0 Å². The van der Waals surface area contributed by atoms with Gasteiger partial charge in [0.2, 0.25) is 0 Å². The number of aryl methyl sites for hydroxylation is 1. The fraction of sp³-hybridized carbons (Fsp3) is 0.192. The summed E-state index contributed by atoms with van der Waals surface area (Å²) in [7, 11) is 0. The van der Waals surface area contributed by atoms with Crippen LogP contribution in [0, 0.1) is 6.92 Å². The largest absolute Gasteiger partial charge is 0.368 e. The van der Waals surface area contributed by atoms with Gasteiger partial charge in [0.05, 0.1) is 0 Å². The molecular weight excluding hydrogens is 503 g/mol. The Morgan fingerprint density at radius 1 is 0.857 bits per heavy atom. The maximum absolute atomic E-state index is 12.7. The van der Waals surface area contributed by atoms with Crippen LogP contribution in [0.25, 0.3) is 0 Å². The number of carbonyl (C=O) groups excluding carboxylic acids is 2. The molecule has 1 fully saturated rings. The lowest BCUT2D eigenvalue weighted by Gasteiger charge is -2.36. The number of piperazine rings is 1. The number of benzene rings is 3. The molecule has 6 nitrogen and oxygen atoms in total. The van der Waals surface area contributed by atoms with Crippen molar-refractivity contribution in [2.24, 2.45) is 0 Å². The van der Waals surface area contributed by atoms with Gasteiger partial charge < -0.3 is 15.1 Å². The minimum atomic E-state index is -0.327. The summed E-state index contributed by atoms with van der Waals surface area (Å²) >= 11 is 17.3. The van der Waals surface area contributed by atoms with Gasteiger partial charge in [-0.3, -0.25) is 14.9 Å². The van der Waals surface area contributed by atoms with Gasteiger partial charge in [0.1, 0.15) is 0 Å². The highest BCUT2D eigenvalue weighted by Crippen LogP contribution is 2.21. The van der Waals surface area contributed by atoms with E-state index >= 15 is 0 Å². The fourth-order valence-electron chi connectivity index (χ4n) is 3.77. The van der Waals surface area contributed by atoms with Crippen molar-refractivity contribution in [2.75, 3.05) is 36.4 Å². The third-order valence-corrected chi connectivity index (χ3v) is 6.67. The Balaban J connectivity index is 1.28. The second kappa shape index (κ2) is 11.1. The highest BCUT2D eigenvalue weighted by atomic mass is 35.5. The monoisotopic (exact) mass is 526 g/mol. The summed E-state index contributed by atoms with van der Waals surface area (Å²) in [5, 5.41) is 7.04. The van der Waals surface area contributed by atoms with Gasteiger partial charge in [-0.15, -0.1) is 0 Å². The van der Waals surface area contributed by atoms with Crippen molar-refractivity contribution in [3.05, 3.63) is 93.5 Å². The van der Waals surface area contributed by atoms with Crippen molar-refractivity contribution >= 4 is 63.7 Å². The predicted molar refractivity (Wildman–Crippen MR) is 146 cm³/mol. The quantitative estimate of drug-likeness (QED) is 0.446. The minimum Gasteiger partial charge on any atom is -0.368 e. The van der Waals surface area contributed by atoms with Crippen LogP contribution in [-0.2, 0) is 0 Å². The molecule has 0 aliphatic carbocycles. The first-order chi connectivity index (χ1) is 16.8. The number of anilines is 2. The van der Waals surface area contributed by atoms with E-state index in [1.165, 1.54) is 0 Å². The van der Waals surface area contributed by atoms with Gasteiger partial charge >= 0.3 is 0 Å². The molecule has 0 saturated carbocycles. The molecule has 0 unspecified atom stereocenters. The molecule has 180 valence electrons. The number of carbonyl (C=O) groups is 2. The van der Waals surface area contributed by atoms with Gasteiger partial charge in [-0.2, -0.15) is 0 Å². The van der Waals surface area contributed by atoms with Crippen molar-refractivity contribution in [2.45, 2.75) is 6.92 Å². The van der Waals surface area contributed by atoms with Crippen LogP contribution < -0.4 is 15.5 Å². The summed E-state index contributed by atoms with van der Waals surface area (Å²) in [5.74, 6) is -0.309. The molecule has 0 spiro atoms. The van der Waals surface area contributed by atoms with Gasteiger partial charge in [0.25, 0.3) is 11.8 Å². The van der Waals surface area contributed by atoms with E-state index in [0.717, 1.165) is 30.0 Å². The Kier molecular flexibility index (Phi) is 7.90. The summed E-state index contributed by atoms with van der Waals surface area (Å²) in [6.45, 7) is 4.63. The van der Waals surface area contributed by atoms with Crippen LogP contribution in [0.3, 0.4) is 0 Å². The molecule has 1 aliphatic heterocycles. The Hall–Kier alpha value is -3.13. The van der Waals surface area contributed by atoms with E-state index in [1.54, 1.807) is 42.5 Å². The van der Waals surface area contributed by atoms with Crippen molar-refractivity contribution in [1.29, 1.82) is 0 Å². The van der Waals surface area contributed by atoms with Crippen LogP contribution in [0.4, 0.5) is 11.4 Å². The zero-order valence-electron chi connectivity index (χ0n) is 19.1.